The Balaban J connectivity index is 2.29. The predicted molar refractivity (Wildman–Crippen MR) is 130 cm³/mol. The van der Waals surface area contributed by atoms with E-state index in [0.29, 0.717) is 6.61 Å². The van der Waals surface area contributed by atoms with Gasteiger partial charge in [-0.1, -0.05) is 0 Å². The molecule has 0 aliphatic carbocycles. The zero-order valence-electron chi connectivity index (χ0n) is 19.0. The molecule has 0 amide bonds. The third kappa shape index (κ3) is 5.14. The Bertz CT molecular complexity index is 1020. The van der Waals surface area contributed by atoms with Crippen molar-refractivity contribution in [3.63, 3.8) is 0 Å². The van der Waals surface area contributed by atoms with Gasteiger partial charge in [0.15, 0.2) is 0 Å². The van der Waals surface area contributed by atoms with Gasteiger partial charge in [-0.3, -0.25) is 4.57 Å². The molecule has 0 N–H and O–H groups in total. The Morgan fingerprint density at radius 1 is 1.00 bits per heavy atom. The molecular formula is C25H30N2O3S. The number of nitrogens with zero attached hydrogens (tertiary/aromatic N) is 2. The topological polar surface area (TPSA) is 45.5 Å². The molecule has 2 aromatic carbocycles. The van der Waals surface area contributed by atoms with Gasteiger partial charge in [0.05, 0.1) is 25.6 Å². The van der Waals surface area contributed by atoms with Crippen LogP contribution in [0.5, 0.6) is 11.5 Å². The quantitative estimate of drug-likeness (QED) is 0.381. The maximum absolute atomic E-state index is 6.02. The van der Waals surface area contributed by atoms with Gasteiger partial charge in [-0.2, -0.15) is 0 Å². The van der Waals surface area contributed by atoms with Gasteiger partial charge in [0.1, 0.15) is 23.6 Å². The maximum atomic E-state index is 6.02. The van der Waals surface area contributed by atoms with Crippen molar-refractivity contribution in [2.75, 3.05) is 27.1 Å². The average molecular weight is 439 g/mol. The molecule has 164 valence electrons. The zero-order chi connectivity index (χ0) is 22.4. The van der Waals surface area contributed by atoms with E-state index in [1.165, 1.54) is 4.91 Å². The van der Waals surface area contributed by atoms with Crippen LogP contribution in [0.3, 0.4) is 0 Å². The molecule has 1 atom stereocenters. The molecule has 0 saturated carbocycles. The molecule has 3 rings (SSSR count). The van der Waals surface area contributed by atoms with Gasteiger partial charge in [-0.05, 0) is 86.5 Å². The minimum atomic E-state index is -0.178. The van der Waals surface area contributed by atoms with Gasteiger partial charge in [-0.25, -0.2) is 4.98 Å². The molecule has 1 aromatic heterocycles. The zero-order valence-corrected chi connectivity index (χ0v) is 19.8. The Morgan fingerprint density at radius 3 is 2.03 bits per heavy atom. The van der Waals surface area contributed by atoms with Gasteiger partial charge in [0, 0.05) is 17.7 Å². The molecule has 5 nitrogen and oxygen atoms in total. The molecule has 0 fully saturated rings. The highest BCUT2D eigenvalue weighted by atomic mass is 32.2. The third-order valence-electron chi connectivity index (χ3n) is 5.09. The van der Waals surface area contributed by atoms with Crippen LogP contribution in [0.1, 0.15) is 32.8 Å². The van der Waals surface area contributed by atoms with Gasteiger partial charge >= 0.3 is 0 Å². The summed E-state index contributed by atoms with van der Waals surface area (Å²) in [5.74, 6) is 2.50. The van der Waals surface area contributed by atoms with E-state index >= 15 is 0 Å². The largest absolute Gasteiger partial charge is 0.497 e. The van der Waals surface area contributed by atoms with Crippen molar-refractivity contribution >= 4 is 17.8 Å². The second-order valence-electron chi connectivity index (χ2n) is 7.01. The van der Waals surface area contributed by atoms with Gasteiger partial charge in [-0.15, -0.1) is 11.8 Å². The number of imidazole rings is 1. The minimum absolute atomic E-state index is 0.178. The SMILES string of the molecule is CCOC(C)n1c(/C=C(\C)SC)nc(-c2ccc(OC)cc2)c1-c1ccc(OC)cc1. The molecule has 1 unspecified atom stereocenters. The van der Waals surface area contributed by atoms with Crippen LogP contribution in [0.2, 0.25) is 0 Å². The summed E-state index contributed by atoms with van der Waals surface area (Å²) in [5.41, 5.74) is 3.98. The normalized spacial score (nSPS) is 12.6. The van der Waals surface area contributed by atoms with E-state index in [1.54, 1.807) is 26.0 Å². The number of hydrogen-bond donors (Lipinski definition) is 0. The van der Waals surface area contributed by atoms with E-state index in [1.807, 2.05) is 43.3 Å². The molecule has 6 heteroatoms. The van der Waals surface area contributed by atoms with E-state index in [4.69, 9.17) is 19.2 Å². The first-order chi connectivity index (χ1) is 15.0. The molecule has 3 aromatic rings. The maximum Gasteiger partial charge on any atom is 0.136 e. The lowest BCUT2D eigenvalue weighted by Crippen LogP contribution is -2.12. The number of benzene rings is 2. The van der Waals surface area contributed by atoms with Gasteiger partial charge < -0.3 is 14.2 Å². The van der Waals surface area contributed by atoms with Crippen molar-refractivity contribution in [1.82, 2.24) is 9.55 Å². The number of thioether (sulfide) groups is 1. The molecule has 0 saturated heterocycles. The fourth-order valence-electron chi connectivity index (χ4n) is 3.45. The first-order valence-electron chi connectivity index (χ1n) is 10.3. The fourth-order valence-corrected chi connectivity index (χ4v) is 3.67. The van der Waals surface area contributed by atoms with Gasteiger partial charge in [0.25, 0.3) is 0 Å². The molecule has 0 spiro atoms. The highest BCUT2D eigenvalue weighted by Crippen LogP contribution is 2.37. The van der Waals surface area contributed by atoms with Gasteiger partial charge in [0.2, 0.25) is 0 Å². The van der Waals surface area contributed by atoms with Crippen LogP contribution >= 0.6 is 11.8 Å². The van der Waals surface area contributed by atoms with Crippen molar-refractivity contribution in [2.45, 2.75) is 27.0 Å². The smallest absolute Gasteiger partial charge is 0.136 e. The average Bonchev–Trinajstić information content (AvgIpc) is 3.18. The summed E-state index contributed by atoms with van der Waals surface area (Å²) in [6, 6.07) is 16.1. The Hall–Kier alpha value is -2.70. The number of rotatable bonds is 9. The molecule has 0 radical (unpaired) electrons. The van der Waals surface area contributed by atoms with Crippen molar-refractivity contribution in [3.8, 4) is 34.0 Å². The first-order valence-corrected chi connectivity index (χ1v) is 11.5. The Kier molecular flexibility index (Phi) is 7.82. The second kappa shape index (κ2) is 10.6. The lowest BCUT2D eigenvalue weighted by atomic mass is 10.0. The van der Waals surface area contributed by atoms with E-state index in [0.717, 1.165) is 39.8 Å². The molecule has 1 heterocycles. The summed E-state index contributed by atoms with van der Waals surface area (Å²) in [5, 5.41) is 0. The second-order valence-corrected chi connectivity index (χ2v) is 8.06. The van der Waals surface area contributed by atoms with E-state index in [2.05, 4.69) is 42.9 Å². The predicted octanol–water partition coefficient (Wildman–Crippen LogP) is 6.51. The van der Waals surface area contributed by atoms with Crippen molar-refractivity contribution in [2.24, 2.45) is 0 Å². The summed E-state index contributed by atoms with van der Waals surface area (Å²) in [6.45, 7) is 6.77. The number of hydrogen-bond acceptors (Lipinski definition) is 5. The Labute approximate surface area is 189 Å². The Morgan fingerprint density at radius 2 is 1.55 bits per heavy atom. The fraction of sp³-hybridized carbons (Fsp3) is 0.320. The lowest BCUT2D eigenvalue weighted by Gasteiger charge is -2.19. The van der Waals surface area contributed by atoms with Crippen molar-refractivity contribution in [3.05, 3.63) is 59.3 Å². The van der Waals surface area contributed by atoms with E-state index in [9.17, 15) is 0 Å². The first kappa shape index (κ1) is 23.0. The molecule has 0 bridgehead atoms. The molecular weight excluding hydrogens is 408 g/mol. The van der Waals surface area contributed by atoms with Crippen molar-refractivity contribution < 1.29 is 14.2 Å². The van der Waals surface area contributed by atoms with Crippen LogP contribution in [-0.2, 0) is 4.74 Å². The van der Waals surface area contributed by atoms with Crippen LogP contribution in [-0.4, -0.2) is 36.6 Å². The van der Waals surface area contributed by atoms with E-state index < -0.39 is 0 Å². The standard InChI is InChI=1S/C25H30N2O3S/c1-7-30-18(3)27-23(16-17(2)31-6)26-24(19-8-12-21(28-4)13-9-19)25(27)20-10-14-22(29-5)15-11-20/h8-16,18H,7H2,1-6H3/b17-16+. The summed E-state index contributed by atoms with van der Waals surface area (Å²) >= 11 is 1.70. The summed E-state index contributed by atoms with van der Waals surface area (Å²) in [7, 11) is 3.34. The summed E-state index contributed by atoms with van der Waals surface area (Å²) < 4.78 is 18.9. The van der Waals surface area contributed by atoms with Crippen molar-refractivity contribution in [1.29, 1.82) is 0 Å². The van der Waals surface area contributed by atoms with E-state index in [-0.39, 0.29) is 6.23 Å². The third-order valence-corrected chi connectivity index (χ3v) is 5.85. The monoisotopic (exact) mass is 438 g/mol. The lowest BCUT2D eigenvalue weighted by molar-refractivity contribution is 0.0255. The van der Waals surface area contributed by atoms with Crippen LogP contribution in [0, 0.1) is 0 Å². The number of ether oxygens (including phenoxy) is 3. The minimum Gasteiger partial charge on any atom is -0.497 e. The summed E-state index contributed by atoms with van der Waals surface area (Å²) in [6.07, 6.45) is 4.00. The van der Waals surface area contributed by atoms with Crippen LogP contribution < -0.4 is 9.47 Å². The highest BCUT2D eigenvalue weighted by Gasteiger charge is 2.23. The van der Waals surface area contributed by atoms with Crippen LogP contribution in [0.15, 0.2) is 53.4 Å². The molecule has 0 aliphatic heterocycles. The van der Waals surface area contributed by atoms with Crippen LogP contribution in [0.4, 0.5) is 0 Å². The highest BCUT2D eigenvalue weighted by molar-refractivity contribution is 8.02. The van der Waals surface area contributed by atoms with Crippen LogP contribution in [0.25, 0.3) is 28.6 Å². The number of allylic oxidation sites excluding steroid dienone is 1. The molecule has 0 aliphatic rings. The number of methoxy groups -OCH3 is 2. The number of aromatic nitrogens is 2. The molecule has 31 heavy (non-hydrogen) atoms. The summed E-state index contributed by atoms with van der Waals surface area (Å²) in [4.78, 5) is 6.25.